The van der Waals surface area contributed by atoms with Gasteiger partial charge in [-0.1, -0.05) is 48.5 Å². The first-order chi connectivity index (χ1) is 13.1. The van der Waals surface area contributed by atoms with Crippen LogP contribution in [0.2, 0.25) is 0 Å². The standard InChI is InChI=1S/C23H19N3O/c24-23(25)26(19-12-13-21(27)17-6-2-1-5-16(17)19)20-11-10-15-9-8-14-4-3-7-18(20)22(14)15/h1-7,10-13,27H,8-9H2,(H3,24,25). The summed E-state index contributed by atoms with van der Waals surface area (Å²) < 4.78 is 0. The normalized spacial score (nSPS) is 12.6. The van der Waals surface area contributed by atoms with Crippen molar-refractivity contribution in [1.82, 2.24) is 0 Å². The van der Waals surface area contributed by atoms with E-state index in [9.17, 15) is 5.11 Å². The van der Waals surface area contributed by atoms with Gasteiger partial charge >= 0.3 is 0 Å². The van der Waals surface area contributed by atoms with E-state index in [-0.39, 0.29) is 11.7 Å². The lowest BCUT2D eigenvalue weighted by atomic mass is 10.0. The number of benzene rings is 4. The number of nitrogens with one attached hydrogen (secondary N) is 1. The molecule has 0 unspecified atom stereocenters. The summed E-state index contributed by atoms with van der Waals surface area (Å²) in [5, 5.41) is 22.5. The number of guanidine groups is 1. The molecule has 0 radical (unpaired) electrons. The van der Waals surface area contributed by atoms with Gasteiger partial charge in [0.2, 0.25) is 0 Å². The summed E-state index contributed by atoms with van der Waals surface area (Å²) in [6, 6.07) is 21.7. The lowest BCUT2D eigenvalue weighted by Crippen LogP contribution is -2.32. The molecule has 0 amide bonds. The largest absolute Gasteiger partial charge is 0.507 e. The van der Waals surface area contributed by atoms with Crippen molar-refractivity contribution in [1.29, 1.82) is 5.41 Å². The molecule has 0 aromatic heterocycles. The van der Waals surface area contributed by atoms with Crippen molar-refractivity contribution in [2.45, 2.75) is 12.8 Å². The molecule has 1 aliphatic carbocycles. The number of phenolic OH excluding ortho intramolecular Hbond substituents is 1. The van der Waals surface area contributed by atoms with Crippen LogP contribution in [0.1, 0.15) is 11.1 Å². The zero-order valence-corrected chi connectivity index (χ0v) is 14.7. The Morgan fingerprint density at radius 2 is 1.41 bits per heavy atom. The van der Waals surface area contributed by atoms with Gasteiger partial charge in [-0.25, -0.2) is 0 Å². The highest BCUT2D eigenvalue weighted by atomic mass is 16.3. The Balaban J connectivity index is 1.83. The molecular formula is C23H19N3O. The lowest BCUT2D eigenvalue weighted by Gasteiger charge is -2.26. The fraction of sp³-hybridized carbons (Fsp3) is 0.0870. The third-order valence-corrected chi connectivity index (χ3v) is 5.45. The fourth-order valence-electron chi connectivity index (χ4n) is 4.28. The Morgan fingerprint density at radius 1 is 0.778 bits per heavy atom. The third kappa shape index (κ3) is 2.27. The van der Waals surface area contributed by atoms with Crippen LogP contribution in [0.5, 0.6) is 5.75 Å². The highest BCUT2D eigenvalue weighted by Crippen LogP contribution is 2.41. The molecule has 132 valence electrons. The number of nitrogens with two attached hydrogens (primary N) is 1. The Labute approximate surface area is 157 Å². The maximum absolute atomic E-state index is 10.2. The topological polar surface area (TPSA) is 73.3 Å². The summed E-state index contributed by atoms with van der Waals surface area (Å²) in [6.07, 6.45) is 2.11. The average molecular weight is 353 g/mol. The molecule has 4 aromatic rings. The lowest BCUT2D eigenvalue weighted by molar-refractivity contribution is 0.481. The van der Waals surface area contributed by atoms with Gasteiger partial charge in [-0.05, 0) is 47.6 Å². The van der Waals surface area contributed by atoms with Crippen LogP contribution < -0.4 is 10.6 Å². The molecule has 4 N–H and O–H groups in total. The van der Waals surface area contributed by atoms with Crippen molar-refractivity contribution in [2.75, 3.05) is 4.90 Å². The molecule has 0 atom stereocenters. The predicted molar refractivity (Wildman–Crippen MR) is 111 cm³/mol. The highest BCUT2D eigenvalue weighted by molar-refractivity contribution is 6.14. The predicted octanol–water partition coefficient (Wildman–Crippen LogP) is 4.83. The number of hydrogen-bond acceptors (Lipinski definition) is 2. The molecule has 1 aliphatic rings. The zero-order valence-electron chi connectivity index (χ0n) is 14.7. The molecule has 4 aromatic carbocycles. The minimum Gasteiger partial charge on any atom is -0.507 e. The van der Waals surface area contributed by atoms with E-state index < -0.39 is 0 Å². The van der Waals surface area contributed by atoms with Crippen molar-refractivity contribution in [3.63, 3.8) is 0 Å². The molecule has 0 saturated heterocycles. The molecule has 27 heavy (non-hydrogen) atoms. The number of rotatable bonds is 2. The van der Waals surface area contributed by atoms with E-state index in [1.54, 1.807) is 11.0 Å². The fourth-order valence-corrected chi connectivity index (χ4v) is 4.28. The van der Waals surface area contributed by atoms with Crippen LogP contribution in [0.15, 0.2) is 66.7 Å². The molecule has 4 nitrogen and oxygen atoms in total. The molecule has 4 heteroatoms. The van der Waals surface area contributed by atoms with Crippen LogP contribution in [0.3, 0.4) is 0 Å². The number of fused-ring (bicyclic) bond motifs is 1. The van der Waals surface area contributed by atoms with Crippen molar-refractivity contribution in [3.8, 4) is 5.75 Å². The minimum atomic E-state index is -0.0513. The highest BCUT2D eigenvalue weighted by Gasteiger charge is 2.22. The minimum absolute atomic E-state index is 0.0513. The zero-order chi connectivity index (χ0) is 18.5. The molecule has 5 rings (SSSR count). The Bertz CT molecular complexity index is 1220. The molecule has 0 bridgehead atoms. The first-order valence-electron chi connectivity index (χ1n) is 9.03. The summed E-state index contributed by atoms with van der Waals surface area (Å²) in [6.45, 7) is 0. The third-order valence-electron chi connectivity index (χ3n) is 5.45. The Morgan fingerprint density at radius 3 is 2.19 bits per heavy atom. The molecule has 0 saturated carbocycles. The van der Waals surface area contributed by atoms with Crippen LogP contribution in [-0.4, -0.2) is 11.1 Å². The van der Waals surface area contributed by atoms with Gasteiger partial charge in [0.05, 0.1) is 11.4 Å². The summed E-state index contributed by atoms with van der Waals surface area (Å²) in [4.78, 5) is 1.77. The van der Waals surface area contributed by atoms with Gasteiger partial charge in [0.1, 0.15) is 5.75 Å². The monoisotopic (exact) mass is 353 g/mol. The molecule has 0 spiro atoms. The van der Waals surface area contributed by atoms with Crippen LogP contribution in [0.25, 0.3) is 21.5 Å². The van der Waals surface area contributed by atoms with Crippen LogP contribution in [-0.2, 0) is 12.8 Å². The van der Waals surface area contributed by atoms with E-state index in [2.05, 4.69) is 30.3 Å². The Kier molecular flexibility index (Phi) is 3.34. The second-order valence-corrected chi connectivity index (χ2v) is 6.95. The van der Waals surface area contributed by atoms with Gasteiger partial charge in [0, 0.05) is 16.2 Å². The smallest absolute Gasteiger partial charge is 0.197 e. The average Bonchev–Trinajstić information content (AvgIpc) is 3.10. The number of phenols is 1. The SMILES string of the molecule is N=C(N)N(c1ccc(O)c2ccccc12)c1ccc2c3c(cccc13)CC2. The van der Waals surface area contributed by atoms with Gasteiger partial charge in [-0.15, -0.1) is 0 Å². The molecule has 0 aliphatic heterocycles. The van der Waals surface area contributed by atoms with Crippen molar-refractivity contribution in [2.24, 2.45) is 5.73 Å². The van der Waals surface area contributed by atoms with Crippen molar-refractivity contribution >= 4 is 38.9 Å². The van der Waals surface area contributed by atoms with Crippen LogP contribution >= 0.6 is 0 Å². The second-order valence-electron chi connectivity index (χ2n) is 6.95. The van der Waals surface area contributed by atoms with E-state index in [1.165, 1.54) is 16.5 Å². The summed E-state index contributed by atoms with van der Waals surface area (Å²) in [5.74, 6) is 0.169. The van der Waals surface area contributed by atoms with Gasteiger partial charge in [0.25, 0.3) is 0 Å². The number of aryl methyl sites for hydroxylation is 2. The van der Waals surface area contributed by atoms with Crippen molar-refractivity contribution in [3.05, 3.63) is 77.9 Å². The molecule has 0 fully saturated rings. The van der Waals surface area contributed by atoms with E-state index in [1.807, 2.05) is 30.3 Å². The van der Waals surface area contributed by atoms with E-state index in [0.717, 1.165) is 40.4 Å². The van der Waals surface area contributed by atoms with Crippen LogP contribution in [0, 0.1) is 5.41 Å². The second kappa shape index (κ2) is 5.74. The van der Waals surface area contributed by atoms with Crippen molar-refractivity contribution < 1.29 is 5.11 Å². The number of nitrogens with zero attached hydrogens (tertiary/aromatic N) is 1. The quantitative estimate of drug-likeness (QED) is 0.357. The van der Waals surface area contributed by atoms with E-state index >= 15 is 0 Å². The van der Waals surface area contributed by atoms with E-state index in [0.29, 0.717) is 0 Å². The van der Waals surface area contributed by atoms with Gasteiger partial charge in [0.15, 0.2) is 5.96 Å². The maximum atomic E-state index is 10.2. The van der Waals surface area contributed by atoms with E-state index in [4.69, 9.17) is 11.1 Å². The van der Waals surface area contributed by atoms with Gasteiger partial charge in [-0.2, -0.15) is 0 Å². The number of aromatic hydroxyl groups is 1. The first kappa shape index (κ1) is 15.7. The Hall–Kier alpha value is -3.53. The summed E-state index contributed by atoms with van der Waals surface area (Å²) >= 11 is 0. The van der Waals surface area contributed by atoms with Crippen LogP contribution in [0.4, 0.5) is 11.4 Å². The summed E-state index contributed by atoms with van der Waals surface area (Å²) in [7, 11) is 0. The summed E-state index contributed by atoms with van der Waals surface area (Å²) in [5.41, 5.74) is 10.4. The number of hydrogen-bond donors (Lipinski definition) is 3. The molecule has 0 heterocycles. The molecular weight excluding hydrogens is 334 g/mol. The van der Waals surface area contributed by atoms with Gasteiger partial charge in [-0.3, -0.25) is 10.3 Å². The maximum Gasteiger partial charge on any atom is 0.197 e. The van der Waals surface area contributed by atoms with Gasteiger partial charge < -0.3 is 10.8 Å². The first-order valence-corrected chi connectivity index (χ1v) is 9.03. The number of anilines is 2.